The van der Waals surface area contributed by atoms with Crippen LogP contribution in [0.1, 0.15) is 66.7 Å². The lowest BCUT2D eigenvalue weighted by Gasteiger charge is -2.35. The average molecular weight is 819 g/mol. The summed E-state index contributed by atoms with van der Waals surface area (Å²) in [6, 6.07) is 4.48. The van der Waals surface area contributed by atoms with E-state index in [1.807, 2.05) is 19.2 Å². The summed E-state index contributed by atoms with van der Waals surface area (Å²) in [6.07, 6.45) is 2.71. The Morgan fingerprint density at radius 1 is 1.03 bits per heavy atom. The van der Waals surface area contributed by atoms with Gasteiger partial charge in [0, 0.05) is 41.3 Å². The number of rotatable bonds is 15. The van der Waals surface area contributed by atoms with Crippen LogP contribution in [-0.2, 0) is 23.9 Å². The van der Waals surface area contributed by atoms with Crippen molar-refractivity contribution in [1.29, 1.82) is 0 Å². The van der Waals surface area contributed by atoms with Gasteiger partial charge in [-0.3, -0.25) is 9.59 Å². The SMILES string of the molecule is C=C[C@@H]1C[C@]1(NC(=O)C1C[C@@H](Oc2cc(-c3csc(NC(C)C)n3)nc3cc(OCC(=O)O)ccc23)CN1C(=O)[C@@H](NC(=O)OC1C[C@@H]2C[C@@H]2C1)C(C)(C)C)C(=O)O. The number of carbonyl (C=O) groups excluding carboxylic acids is 3. The second kappa shape index (κ2) is 15.7. The van der Waals surface area contributed by atoms with Crippen LogP contribution in [-0.4, -0.2) is 104 Å². The number of alkyl carbamates (subject to hydrolysis) is 1. The zero-order chi connectivity index (χ0) is 41.7. The van der Waals surface area contributed by atoms with Crippen LogP contribution in [0.5, 0.6) is 11.5 Å². The quantitative estimate of drug-likeness (QED) is 0.127. The Morgan fingerprint density at radius 3 is 2.41 bits per heavy atom. The topological polar surface area (TPSA) is 219 Å². The lowest BCUT2D eigenvalue weighted by Crippen LogP contribution is -2.59. The molecule has 3 aliphatic carbocycles. The van der Waals surface area contributed by atoms with Crippen LogP contribution in [0, 0.1) is 23.2 Å². The van der Waals surface area contributed by atoms with E-state index >= 15 is 0 Å². The summed E-state index contributed by atoms with van der Waals surface area (Å²) in [5, 5.41) is 31.2. The Balaban J connectivity index is 1.19. The first-order chi connectivity index (χ1) is 27.4. The van der Waals surface area contributed by atoms with Gasteiger partial charge in [-0.2, -0.15) is 0 Å². The summed E-state index contributed by atoms with van der Waals surface area (Å²) in [7, 11) is 0. The van der Waals surface area contributed by atoms with Crippen molar-refractivity contribution in [3.05, 3.63) is 42.3 Å². The van der Waals surface area contributed by atoms with E-state index in [-0.39, 0.29) is 37.3 Å². The van der Waals surface area contributed by atoms with E-state index < -0.39 is 71.5 Å². The van der Waals surface area contributed by atoms with Crippen LogP contribution in [0.25, 0.3) is 22.3 Å². The first-order valence-corrected chi connectivity index (χ1v) is 20.5. The Bertz CT molecular complexity index is 2120. The first-order valence-electron chi connectivity index (χ1n) is 19.6. The Labute approximate surface area is 339 Å². The molecule has 2 unspecified atom stereocenters. The number of benzene rings is 1. The van der Waals surface area contributed by atoms with Crippen molar-refractivity contribution in [2.45, 2.75) is 103 Å². The molecule has 3 heterocycles. The molecule has 3 aromatic rings. The van der Waals surface area contributed by atoms with Crippen molar-refractivity contribution < 1.29 is 48.4 Å². The highest BCUT2D eigenvalue weighted by Crippen LogP contribution is 2.52. The molecule has 4 fully saturated rings. The normalized spacial score (nSPS) is 26.3. The number of nitrogens with one attached hydrogen (secondary N) is 3. The second-order valence-electron chi connectivity index (χ2n) is 17.2. The van der Waals surface area contributed by atoms with Gasteiger partial charge in [-0.05, 0) is 68.9 Å². The largest absolute Gasteiger partial charge is 0.488 e. The van der Waals surface area contributed by atoms with E-state index in [0.717, 1.165) is 19.3 Å². The van der Waals surface area contributed by atoms with Crippen LogP contribution in [0.3, 0.4) is 0 Å². The number of hydrogen-bond acceptors (Lipinski definition) is 12. The molecule has 3 amide bonds. The van der Waals surface area contributed by atoms with Gasteiger partial charge in [0.15, 0.2) is 11.7 Å². The lowest BCUT2D eigenvalue weighted by molar-refractivity contribution is -0.146. The van der Waals surface area contributed by atoms with Crippen LogP contribution in [0.2, 0.25) is 0 Å². The van der Waals surface area contributed by atoms with Crippen molar-refractivity contribution in [3.63, 3.8) is 0 Å². The van der Waals surface area contributed by atoms with E-state index in [9.17, 15) is 34.2 Å². The molecule has 1 aliphatic heterocycles. The van der Waals surface area contributed by atoms with Crippen LogP contribution >= 0.6 is 11.3 Å². The molecule has 0 spiro atoms. The lowest BCUT2D eigenvalue weighted by atomic mass is 9.85. The predicted octanol–water partition coefficient (Wildman–Crippen LogP) is 5.08. The number of nitrogens with zero attached hydrogens (tertiary/aromatic N) is 3. The number of fused-ring (bicyclic) bond motifs is 2. The minimum atomic E-state index is -1.55. The number of hydrogen-bond donors (Lipinski definition) is 5. The maximum atomic E-state index is 14.7. The highest BCUT2D eigenvalue weighted by atomic mass is 32.1. The van der Waals surface area contributed by atoms with Crippen molar-refractivity contribution in [3.8, 4) is 22.9 Å². The molecule has 8 atom stereocenters. The molecule has 3 saturated carbocycles. The molecule has 1 aromatic carbocycles. The molecule has 0 radical (unpaired) electrons. The zero-order valence-corrected chi connectivity index (χ0v) is 34.0. The number of thiazole rings is 1. The number of aromatic nitrogens is 2. The molecule has 5 N–H and O–H groups in total. The van der Waals surface area contributed by atoms with E-state index in [2.05, 4.69) is 22.5 Å². The van der Waals surface area contributed by atoms with Gasteiger partial charge in [0.2, 0.25) is 11.8 Å². The maximum absolute atomic E-state index is 14.7. The Hall–Kier alpha value is -5.45. The molecule has 17 heteroatoms. The molecule has 1 saturated heterocycles. The number of carboxylic acid groups (broad SMARTS) is 2. The van der Waals surface area contributed by atoms with Gasteiger partial charge in [-0.25, -0.2) is 24.4 Å². The molecule has 310 valence electrons. The number of ether oxygens (including phenoxy) is 3. The van der Waals surface area contributed by atoms with Crippen molar-refractivity contribution in [1.82, 2.24) is 25.5 Å². The zero-order valence-electron chi connectivity index (χ0n) is 33.2. The van der Waals surface area contributed by atoms with E-state index in [0.29, 0.717) is 45.0 Å². The fourth-order valence-electron chi connectivity index (χ4n) is 8.09. The summed E-state index contributed by atoms with van der Waals surface area (Å²) in [6.45, 7) is 12.5. The van der Waals surface area contributed by atoms with Crippen molar-refractivity contribution in [2.24, 2.45) is 23.2 Å². The van der Waals surface area contributed by atoms with E-state index in [1.54, 1.807) is 45.0 Å². The van der Waals surface area contributed by atoms with Crippen LogP contribution in [0.15, 0.2) is 42.3 Å². The van der Waals surface area contributed by atoms with Gasteiger partial charge in [0.25, 0.3) is 0 Å². The van der Waals surface area contributed by atoms with Gasteiger partial charge in [-0.1, -0.05) is 26.8 Å². The van der Waals surface area contributed by atoms with Gasteiger partial charge < -0.3 is 45.3 Å². The Morgan fingerprint density at radius 2 is 1.78 bits per heavy atom. The standard InChI is InChI=1S/C41H50N6O10S/c1-7-23-16-41(23,37(52)53)46-35(50)31-14-26(17-47(31)36(51)34(40(4,5)6)45-39(54)57-25-11-21-10-22(21)12-25)56-32-15-29(30-19-58-38(44-30)42-20(2)3)43-28-13-24(8-9-27(28)32)55-18-33(48)49/h7-9,13,15,19-23,25-26,31,34H,1,10-12,14,16-18H2,2-6H3,(H,42,44)(H,45,54)(H,46,50)(H,48,49)(H,52,53)/t21-,22+,23-,25?,26-,31?,34-,41-/m1/s1. The second-order valence-corrected chi connectivity index (χ2v) is 18.1. The highest BCUT2D eigenvalue weighted by Gasteiger charge is 2.61. The first kappa shape index (κ1) is 40.7. The number of anilines is 1. The third kappa shape index (κ3) is 8.68. The summed E-state index contributed by atoms with van der Waals surface area (Å²) in [4.78, 5) is 76.6. The molecule has 16 nitrogen and oxygen atoms in total. The number of carboxylic acids is 2. The Kier molecular flexibility index (Phi) is 11.0. The monoisotopic (exact) mass is 818 g/mol. The molecular weight excluding hydrogens is 769 g/mol. The third-order valence-corrected chi connectivity index (χ3v) is 12.1. The number of likely N-dealkylation sites (tertiary alicyclic amines) is 1. The minimum Gasteiger partial charge on any atom is -0.488 e. The molecule has 0 bridgehead atoms. The van der Waals surface area contributed by atoms with Gasteiger partial charge in [0.1, 0.15) is 47.0 Å². The summed E-state index contributed by atoms with van der Waals surface area (Å²) >= 11 is 1.40. The third-order valence-electron chi connectivity index (χ3n) is 11.3. The van der Waals surface area contributed by atoms with Crippen molar-refractivity contribution in [2.75, 3.05) is 18.5 Å². The summed E-state index contributed by atoms with van der Waals surface area (Å²) < 4.78 is 17.9. The maximum Gasteiger partial charge on any atom is 0.408 e. The number of amides is 3. The molecule has 4 aliphatic rings. The molecule has 2 aromatic heterocycles. The van der Waals surface area contributed by atoms with Gasteiger partial charge in [-0.15, -0.1) is 17.9 Å². The number of aliphatic carboxylic acids is 2. The molecule has 58 heavy (non-hydrogen) atoms. The smallest absolute Gasteiger partial charge is 0.408 e. The fourth-order valence-corrected chi connectivity index (χ4v) is 8.94. The molecular formula is C41H50N6O10S. The van der Waals surface area contributed by atoms with Crippen LogP contribution in [0.4, 0.5) is 9.93 Å². The number of carbonyl (C=O) groups is 5. The minimum absolute atomic E-state index is 0.00367. The summed E-state index contributed by atoms with van der Waals surface area (Å²) in [5.41, 5.74) is -0.932. The van der Waals surface area contributed by atoms with E-state index in [4.69, 9.17) is 24.2 Å². The number of pyridine rings is 1. The average Bonchev–Trinajstić information content (AvgIpc) is 3.82. The van der Waals surface area contributed by atoms with Gasteiger partial charge >= 0.3 is 18.0 Å². The highest BCUT2D eigenvalue weighted by molar-refractivity contribution is 7.14. The van der Waals surface area contributed by atoms with Crippen LogP contribution < -0.4 is 25.4 Å². The molecule has 7 rings (SSSR count). The fraction of sp³-hybridized carbons (Fsp3) is 0.537. The van der Waals surface area contributed by atoms with Gasteiger partial charge in [0.05, 0.1) is 17.8 Å². The summed E-state index contributed by atoms with van der Waals surface area (Å²) in [5.74, 6) is -2.24. The predicted molar refractivity (Wildman–Crippen MR) is 214 cm³/mol. The van der Waals surface area contributed by atoms with E-state index in [1.165, 1.54) is 22.3 Å². The van der Waals surface area contributed by atoms with Crippen molar-refractivity contribution >= 4 is 57.2 Å².